The van der Waals surface area contributed by atoms with Crippen molar-refractivity contribution in [2.75, 3.05) is 0 Å². The van der Waals surface area contributed by atoms with Crippen LogP contribution in [0.3, 0.4) is 0 Å². The molecule has 0 heterocycles. The van der Waals surface area contributed by atoms with Gasteiger partial charge in [-0.05, 0) is 61.8 Å². The van der Waals surface area contributed by atoms with Crippen LogP contribution in [0.25, 0.3) is 0 Å². The molecule has 0 aliphatic carbocycles. The van der Waals surface area contributed by atoms with Crippen molar-refractivity contribution in [1.29, 1.82) is 0 Å². The third kappa shape index (κ3) is 9.44. The maximum absolute atomic E-state index is 13.1. The fourth-order valence-electron chi connectivity index (χ4n) is 4.85. The van der Waals surface area contributed by atoms with Gasteiger partial charge in [-0.1, -0.05) is 90.8 Å². The van der Waals surface area contributed by atoms with Gasteiger partial charge in [0.1, 0.15) is 12.2 Å². The summed E-state index contributed by atoms with van der Waals surface area (Å²) in [4.78, 5) is 26.1. The molecule has 0 bridgehead atoms. The second-order valence-corrected chi connectivity index (χ2v) is 11.2. The highest BCUT2D eigenvalue weighted by molar-refractivity contribution is 5.90. The topological polar surface area (TPSA) is 52.6 Å². The zero-order valence-corrected chi connectivity index (χ0v) is 23.3. The zero-order chi connectivity index (χ0) is 26.7. The lowest BCUT2D eigenvalue weighted by molar-refractivity contribution is -0.0484. The Bertz CT molecular complexity index is 904. The quantitative estimate of drug-likeness (QED) is 0.248. The van der Waals surface area contributed by atoms with Crippen LogP contribution >= 0.6 is 0 Å². The second kappa shape index (κ2) is 14.8. The summed E-state index contributed by atoms with van der Waals surface area (Å²) in [6.07, 6.45) is 3.30. The van der Waals surface area contributed by atoms with Crippen LogP contribution in [0.2, 0.25) is 0 Å². The van der Waals surface area contributed by atoms with Crippen molar-refractivity contribution in [2.45, 2.75) is 86.4 Å². The van der Waals surface area contributed by atoms with Crippen LogP contribution in [0, 0.1) is 29.6 Å². The molecule has 4 atom stereocenters. The molecule has 2 rings (SSSR count). The highest BCUT2D eigenvalue weighted by Gasteiger charge is 2.38. The number of ether oxygens (including phenoxy) is 2. The fraction of sp³-hybridized carbons (Fsp3) is 0.562. The van der Waals surface area contributed by atoms with Crippen LogP contribution in [0.1, 0.15) is 94.9 Å². The molecular formula is C32H46O4. The minimum atomic E-state index is -0.303. The Morgan fingerprint density at radius 1 is 0.583 bits per heavy atom. The highest BCUT2D eigenvalue weighted by Crippen LogP contribution is 2.37. The lowest BCUT2D eigenvalue weighted by Gasteiger charge is -2.39. The predicted octanol–water partition coefficient (Wildman–Crippen LogP) is 8.22. The molecule has 0 N–H and O–H groups in total. The Balaban J connectivity index is 2.36. The third-order valence-corrected chi connectivity index (χ3v) is 6.94. The van der Waals surface area contributed by atoms with E-state index in [0.717, 1.165) is 25.7 Å². The molecule has 0 aliphatic rings. The molecule has 2 aromatic carbocycles. The molecule has 0 saturated heterocycles. The number of carbonyl (C=O) groups excluding carboxylic acids is 2. The molecule has 2 aromatic rings. The summed E-state index contributed by atoms with van der Waals surface area (Å²) >= 11 is 0. The molecule has 198 valence electrons. The number of rotatable bonds is 14. The summed E-state index contributed by atoms with van der Waals surface area (Å²) in [5.41, 5.74) is 1.12. The Kier molecular flexibility index (Phi) is 12.2. The SMILES string of the molecule is CC(C)CCC(C(C)OC(=O)c1ccccc1)C(CCC(C)C)C(OC(=O)c1ccccc1)C(C)C. The number of esters is 2. The first-order valence-corrected chi connectivity index (χ1v) is 13.6. The lowest BCUT2D eigenvalue weighted by Crippen LogP contribution is -2.41. The van der Waals surface area contributed by atoms with E-state index in [1.807, 2.05) is 43.3 Å². The lowest BCUT2D eigenvalue weighted by atomic mass is 9.74. The van der Waals surface area contributed by atoms with Gasteiger partial charge in [-0.2, -0.15) is 0 Å². The molecule has 0 saturated carbocycles. The predicted molar refractivity (Wildman–Crippen MR) is 147 cm³/mol. The van der Waals surface area contributed by atoms with Crippen molar-refractivity contribution in [3.05, 3.63) is 71.8 Å². The molecule has 4 heteroatoms. The minimum absolute atomic E-state index is 0.0785. The monoisotopic (exact) mass is 494 g/mol. The molecule has 0 aliphatic heterocycles. The molecule has 4 unspecified atom stereocenters. The van der Waals surface area contributed by atoms with Crippen molar-refractivity contribution in [3.8, 4) is 0 Å². The number of hydrogen-bond acceptors (Lipinski definition) is 4. The molecule has 0 spiro atoms. The number of hydrogen-bond donors (Lipinski definition) is 0. The number of carbonyl (C=O) groups is 2. The summed E-state index contributed by atoms with van der Waals surface area (Å²) in [5, 5.41) is 0. The van der Waals surface area contributed by atoms with Gasteiger partial charge in [0.05, 0.1) is 11.1 Å². The summed E-state index contributed by atoms with van der Waals surface area (Å²) in [7, 11) is 0. The van der Waals surface area contributed by atoms with E-state index in [0.29, 0.717) is 23.0 Å². The van der Waals surface area contributed by atoms with Gasteiger partial charge in [-0.25, -0.2) is 9.59 Å². The molecule has 0 radical (unpaired) electrons. The second-order valence-electron chi connectivity index (χ2n) is 11.2. The van der Waals surface area contributed by atoms with E-state index in [1.165, 1.54) is 0 Å². The summed E-state index contributed by atoms with van der Waals surface area (Å²) < 4.78 is 12.3. The normalized spacial score (nSPS) is 14.9. The van der Waals surface area contributed by atoms with Gasteiger partial charge in [0.25, 0.3) is 0 Å². The van der Waals surface area contributed by atoms with Crippen molar-refractivity contribution < 1.29 is 19.1 Å². The summed E-state index contributed by atoms with van der Waals surface area (Å²) in [5.74, 6) is 0.751. The Labute approximate surface area is 218 Å². The van der Waals surface area contributed by atoms with Gasteiger partial charge in [0.15, 0.2) is 0 Å². The Morgan fingerprint density at radius 3 is 1.42 bits per heavy atom. The zero-order valence-electron chi connectivity index (χ0n) is 23.3. The number of benzene rings is 2. The van der Waals surface area contributed by atoms with Gasteiger partial charge in [0, 0.05) is 11.8 Å². The van der Waals surface area contributed by atoms with Crippen molar-refractivity contribution in [2.24, 2.45) is 29.6 Å². The molecule has 4 nitrogen and oxygen atoms in total. The standard InChI is InChI=1S/C32H46O4/c1-22(2)18-20-28(25(7)35-31(33)26-14-10-8-11-15-26)29(21-19-23(3)4)30(24(5)6)36-32(34)27-16-12-9-13-17-27/h8-17,22-25,28-30H,18-21H2,1-7H3. The van der Waals surface area contributed by atoms with Gasteiger partial charge >= 0.3 is 11.9 Å². The first-order valence-electron chi connectivity index (χ1n) is 13.6. The van der Waals surface area contributed by atoms with Crippen LogP contribution in [-0.2, 0) is 9.47 Å². The van der Waals surface area contributed by atoms with Crippen LogP contribution < -0.4 is 0 Å². The van der Waals surface area contributed by atoms with E-state index < -0.39 is 0 Å². The smallest absolute Gasteiger partial charge is 0.338 e. The first-order chi connectivity index (χ1) is 17.1. The van der Waals surface area contributed by atoms with Crippen LogP contribution in [0.15, 0.2) is 60.7 Å². The van der Waals surface area contributed by atoms with E-state index in [9.17, 15) is 9.59 Å². The van der Waals surface area contributed by atoms with E-state index in [4.69, 9.17) is 9.47 Å². The third-order valence-electron chi connectivity index (χ3n) is 6.94. The average molecular weight is 495 g/mol. The first kappa shape index (κ1) is 29.6. The van der Waals surface area contributed by atoms with Gasteiger partial charge in [0.2, 0.25) is 0 Å². The summed E-state index contributed by atoms with van der Waals surface area (Å²) in [6, 6.07) is 18.4. The van der Waals surface area contributed by atoms with Gasteiger partial charge in [-0.15, -0.1) is 0 Å². The van der Waals surface area contributed by atoms with Crippen LogP contribution in [0.4, 0.5) is 0 Å². The molecule has 0 fully saturated rings. The maximum atomic E-state index is 13.1. The largest absolute Gasteiger partial charge is 0.459 e. The van der Waals surface area contributed by atoms with E-state index in [-0.39, 0.29) is 41.9 Å². The van der Waals surface area contributed by atoms with Crippen molar-refractivity contribution >= 4 is 11.9 Å². The van der Waals surface area contributed by atoms with E-state index in [1.54, 1.807) is 24.3 Å². The Morgan fingerprint density at radius 2 is 1.00 bits per heavy atom. The van der Waals surface area contributed by atoms with Crippen LogP contribution in [-0.4, -0.2) is 24.1 Å². The maximum Gasteiger partial charge on any atom is 0.338 e. The highest BCUT2D eigenvalue weighted by atomic mass is 16.6. The average Bonchev–Trinajstić information content (AvgIpc) is 2.85. The van der Waals surface area contributed by atoms with E-state index in [2.05, 4.69) is 41.5 Å². The minimum Gasteiger partial charge on any atom is -0.459 e. The molecular weight excluding hydrogens is 448 g/mol. The molecule has 0 amide bonds. The van der Waals surface area contributed by atoms with Gasteiger partial charge in [-0.3, -0.25) is 0 Å². The van der Waals surface area contributed by atoms with E-state index >= 15 is 0 Å². The summed E-state index contributed by atoms with van der Waals surface area (Å²) in [6.45, 7) is 15.1. The van der Waals surface area contributed by atoms with Crippen molar-refractivity contribution in [3.63, 3.8) is 0 Å². The van der Waals surface area contributed by atoms with Crippen LogP contribution in [0.5, 0.6) is 0 Å². The Hall–Kier alpha value is -2.62. The van der Waals surface area contributed by atoms with Gasteiger partial charge < -0.3 is 9.47 Å². The molecule has 36 heavy (non-hydrogen) atoms. The molecule has 0 aromatic heterocycles. The van der Waals surface area contributed by atoms with Crippen molar-refractivity contribution in [1.82, 2.24) is 0 Å². The fourth-order valence-corrected chi connectivity index (χ4v) is 4.85.